The zero-order chi connectivity index (χ0) is 15.5. The van der Waals surface area contributed by atoms with Crippen molar-refractivity contribution in [1.82, 2.24) is 26.3 Å². The molecule has 8 heteroatoms. The van der Waals surface area contributed by atoms with E-state index in [1.54, 1.807) is 7.05 Å². The molecule has 4 N–H and O–H groups in total. The Labute approximate surface area is 141 Å². The summed E-state index contributed by atoms with van der Waals surface area (Å²) in [5.41, 5.74) is 1.05. The Morgan fingerprint density at radius 2 is 1.90 bits per heavy atom. The van der Waals surface area contributed by atoms with E-state index in [9.17, 15) is 0 Å². The van der Waals surface area contributed by atoms with E-state index in [-0.39, 0.29) is 5.25 Å². The first-order valence-corrected chi connectivity index (χ1v) is 8.47. The van der Waals surface area contributed by atoms with Crippen LogP contribution in [0.1, 0.15) is 10.9 Å². The van der Waals surface area contributed by atoms with E-state index in [1.165, 1.54) is 0 Å². The summed E-state index contributed by atoms with van der Waals surface area (Å²) < 4.78 is 0. The molecule has 0 spiro atoms. The first kappa shape index (κ1) is 17.9. The first-order valence-electron chi connectivity index (χ1n) is 6.61. The number of pyridine rings is 1. The highest BCUT2D eigenvalue weighted by atomic mass is 32.2. The molecule has 0 aliphatic rings. The largest absolute Gasteiger partial charge is 0.366 e. The Balaban J connectivity index is 2.48. The van der Waals surface area contributed by atoms with E-state index >= 15 is 0 Å². The van der Waals surface area contributed by atoms with Crippen LogP contribution in [0.2, 0.25) is 0 Å². The predicted octanol–water partition coefficient (Wildman–Crippen LogP) is 1.04. The van der Waals surface area contributed by atoms with Gasteiger partial charge in [0.2, 0.25) is 0 Å². The average molecular weight is 344 g/mol. The zero-order valence-electron chi connectivity index (χ0n) is 12.2. The molecule has 1 rings (SSSR count). The van der Waals surface area contributed by atoms with Gasteiger partial charge in [-0.05, 0) is 36.6 Å². The molecule has 0 saturated heterocycles. The first-order chi connectivity index (χ1) is 10.2. The van der Waals surface area contributed by atoms with Crippen LogP contribution in [0.25, 0.3) is 0 Å². The van der Waals surface area contributed by atoms with Crippen molar-refractivity contribution in [1.29, 1.82) is 0 Å². The molecule has 21 heavy (non-hydrogen) atoms. The number of nitrogens with one attached hydrogen (secondary N) is 4. The minimum absolute atomic E-state index is 0.238. The molecule has 0 saturated carbocycles. The van der Waals surface area contributed by atoms with Gasteiger partial charge < -0.3 is 21.3 Å². The molecular weight excluding hydrogens is 322 g/mol. The van der Waals surface area contributed by atoms with Gasteiger partial charge in [0.1, 0.15) is 0 Å². The van der Waals surface area contributed by atoms with Crippen LogP contribution in [0.15, 0.2) is 24.4 Å². The van der Waals surface area contributed by atoms with Gasteiger partial charge in [0, 0.05) is 39.1 Å². The lowest BCUT2D eigenvalue weighted by atomic mass is 10.2. The number of rotatable bonds is 7. The highest BCUT2D eigenvalue weighted by Crippen LogP contribution is 2.25. The van der Waals surface area contributed by atoms with Gasteiger partial charge in [-0.15, -0.1) is 11.8 Å². The fraction of sp³-hybridized carbons (Fsp3) is 0.462. The summed E-state index contributed by atoms with van der Waals surface area (Å²) in [6.07, 6.45) is 1.81. The summed E-state index contributed by atoms with van der Waals surface area (Å²) in [5, 5.41) is 13.7. The van der Waals surface area contributed by atoms with Crippen LogP contribution in [0.5, 0.6) is 0 Å². The molecule has 1 aromatic heterocycles. The quantitative estimate of drug-likeness (QED) is 0.433. The molecule has 1 aromatic rings. The van der Waals surface area contributed by atoms with E-state index < -0.39 is 0 Å². The van der Waals surface area contributed by atoms with Crippen molar-refractivity contribution in [3.63, 3.8) is 0 Å². The number of thiocarbonyl (C=S) groups is 2. The predicted molar refractivity (Wildman–Crippen MR) is 98.8 cm³/mol. The Hall–Kier alpha value is -1.12. The van der Waals surface area contributed by atoms with Crippen LogP contribution in [0.4, 0.5) is 0 Å². The second kappa shape index (κ2) is 10.6. The van der Waals surface area contributed by atoms with Crippen LogP contribution in [0.3, 0.4) is 0 Å². The van der Waals surface area contributed by atoms with Crippen LogP contribution < -0.4 is 21.3 Å². The Morgan fingerprint density at radius 3 is 2.52 bits per heavy atom. The topological polar surface area (TPSA) is 61.0 Å². The molecule has 0 bridgehead atoms. The summed E-state index contributed by atoms with van der Waals surface area (Å²) >= 11 is 12.0. The molecule has 0 radical (unpaired) electrons. The van der Waals surface area contributed by atoms with Crippen LogP contribution in [0, 0.1) is 0 Å². The van der Waals surface area contributed by atoms with Crippen molar-refractivity contribution in [2.45, 2.75) is 5.25 Å². The van der Waals surface area contributed by atoms with Gasteiger partial charge in [0.15, 0.2) is 10.2 Å². The summed E-state index contributed by atoms with van der Waals surface area (Å²) in [6, 6.07) is 5.96. The highest BCUT2D eigenvalue weighted by molar-refractivity contribution is 7.99. The van der Waals surface area contributed by atoms with Gasteiger partial charge in [-0.1, -0.05) is 6.07 Å². The maximum absolute atomic E-state index is 5.12. The molecule has 116 valence electrons. The lowest BCUT2D eigenvalue weighted by Gasteiger charge is -2.18. The van der Waals surface area contributed by atoms with Gasteiger partial charge in [-0.2, -0.15) is 0 Å². The van der Waals surface area contributed by atoms with Crippen LogP contribution in [-0.2, 0) is 0 Å². The fourth-order valence-electron chi connectivity index (χ4n) is 1.54. The fourth-order valence-corrected chi connectivity index (χ4v) is 2.74. The summed E-state index contributed by atoms with van der Waals surface area (Å²) in [5.74, 6) is 0.928. The third-order valence-electron chi connectivity index (χ3n) is 2.63. The third kappa shape index (κ3) is 7.45. The van der Waals surface area contributed by atoms with Crippen molar-refractivity contribution in [2.75, 3.05) is 32.9 Å². The molecule has 0 amide bonds. The van der Waals surface area contributed by atoms with E-state index in [0.29, 0.717) is 10.2 Å². The summed E-state index contributed by atoms with van der Waals surface area (Å²) in [4.78, 5) is 4.43. The van der Waals surface area contributed by atoms with Gasteiger partial charge in [-0.25, -0.2) is 0 Å². The molecule has 0 aromatic carbocycles. The number of hydrogen-bond acceptors (Lipinski definition) is 4. The van der Waals surface area contributed by atoms with Crippen molar-refractivity contribution in [2.24, 2.45) is 0 Å². The van der Waals surface area contributed by atoms with Crippen LogP contribution in [-0.4, -0.2) is 48.1 Å². The van der Waals surface area contributed by atoms with Crippen molar-refractivity contribution in [3.8, 4) is 0 Å². The van der Waals surface area contributed by atoms with Crippen molar-refractivity contribution < 1.29 is 0 Å². The minimum atomic E-state index is 0.238. The number of nitrogens with zero attached hydrogens (tertiary/aromatic N) is 1. The normalized spacial score (nSPS) is 11.3. The maximum Gasteiger partial charge on any atom is 0.166 e. The minimum Gasteiger partial charge on any atom is -0.366 e. The van der Waals surface area contributed by atoms with Gasteiger partial charge in [0.05, 0.1) is 10.9 Å². The molecule has 1 unspecified atom stereocenters. The zero-order valence-corrected chi connectivity index (χ0v) is 14.6. The summed E-state index contributed by atoms with van der Waals surface area (Å²) in [7, 11) is 3.61. The molecule has 1 heterocycles. The maximum atomic E-state index is 5.12. The second-order valence-corrected chi connectivity index (χ2v) is 6.21. The van der Waals surface area contributed by atoms with Gasteiger partial charge in [0.25, 0.3) is 0 Å². The molecular formula is C13H21N5S3. The van der Waals surface area contributed by atoms with Crippen LogP contribution >= 0.6 is 36.2 Å². The molecule has 0 aliphatic heterocycles. The smallest absolute Gasteiger partial charge is 0.166 e. The summed E-state index contributed by atoms with van der Waals surface area (Å²) in [6.45, 7) is 1.54. The van der Waals surface area contributed by atoms with Gasteiger partial charge >= 0.3 is 0 Å². The number of aromatic nitrogens is 1. The van der Waals surface area contributed by atoms with E-state index in [2.05, 4.69) is 26.3 Å². The monoisotopic (exact) mass is 343 g/mol. The number of hydrogen-bond donors (Lipinski definition) is 4. The number of thioether (sulfide) groups is 1. The third-order valence-corrected chi connectivity index (χ3v) is 4.57. The van der Waals surface area contributed by atoms with Crippen molar-refractivity contribution in [3.05, 3.63) is 30.1 Å². The molecule has 1 atom stereocenters. The lowest BCUT2D eigenvalue weighted by Crippen LogP contribution is -2.36. The second-order valence-electron chi connectivity index (χ2n) is 4.08. The Morgan fingerprint density at radius 1 is 1.19 bits per heavy atom. The molecule has 0 fully saturated rings. The van der Waals surface area contributed by atoms with E-state index in [4.69, 9.17) is 24.4 Å². The van der Waals surface area contributed by atoms with E-state index in [1.807, 2.05) is 43.2 Å². The SMILES string of the molecule is CNC(=S)NCCSC(CNC(=S)NC)c1ccccn1. The lowest BCUT2D eigenvalue weighted by molar-refractivity contribution is 0.810. The molecule has 0 aliphatic carbocycles. The average Bonchev–Trinajstić information content (AvgIpc) is 2.54. The van der Waals surface area contributed by atoms with Crippen molar-refractivity contribution >= 4 is 46.4 Å². The standard InChI is InChI=1S/C13H21N5S3/c1-14-12(19)17-7-8-21-11(9-18-13(20)15-2)10-5-3-4-6-16-10/h3-6,11H,7-9H2,1-2H3,(H2,14,17,19)(H2,15,18,20). The molecule has 5 nitrogen and oxygen atoms in total. The Bertz CT molecular complexity index is 441. The van der Waals surface area contributed by atoms with E-state index in [0.717, 1.165) is 24.5 Å². The van der Waals surface area contributed by atoms with Gasteiger partial charge in [-0.3, -0.25) is 4.98 Å². The Kier molecular flexibility index (Phi) is 9.04. The highest BCUT2D eigenvalue weighted by Gasteiger charge is 2.13.